The number of carbonyl (C=O) groups is 1. The van der Waals surface area contributed by atoms with Crippen molar-refractivity contribution < 1.29 is 13.9 Å². The molecule has 7 heteroatoms. The third-order valence-corrected chi connectivity index (χ3v) is 3.88. The number of likely N-dealkylation sites (tertiary alicyclic amines) is 1. The summed E-state index contributed by atoms with van der Waals surface area (Å²) >= 11 is 0. The van der Waals surface area contributed by atoms with E-state index in [9.17, 15) is 9.18 Å². The smallest absolute Gasteiger partial charge is 0.270 e. The van der Waals surface area contributed by atoms with Crippen molar-refractivity contribution in [2.45, 2.75) is 19.1 Å². The highest BCUT2D eigenvalue weighted by Crippen LogP contribution is 2.20. The first-order valence-electron chi connectivity index (χ1n) is 7.91. The molecule has 1 atom stereocenters. The highest BCUT2D eigenvalue weighted by Gasteiger charge is 2.29. The fourth-order valence-corrected chi connectivity index (χ4v) is 2.80. The minimum absolute atomic E-state index is 0.0663. The van der Waals surface area contributed by atoms with Crippen molar-refractivity contribution >= 4 is 5.91 Å². The van der Waals surface area contributed by atoms with E-state index in [-0.39, 0.29) is 17.7 Å². The topological polar surface area (TPSA) is 61.5 Å². The number of nitrogens with one attached hydrogen (secondary N) is 1. The van der Waals surface area contributed by atoms with E-state index in [0.29, 0.717) is 13.1 Å². The van der Waals surface area contributed by atoms with Gasteiger partial charge in [-0.05, 0) is 20.2 Å². The highest BCUT2D eigenvalue weighted by molar-refractivity contribution is 5.92. The van der Waals surface area contributed by atoms with Gasteiger partial charge in [-0.2, -0.15) is 0 Å². The van der Waals surface area contributed by atoms with E-state index in [2.05, 4.69) is 9.97 Å². The summed E-state index contributed by atoms with van der Waals surface area (Å²) in [6.45, 7) is 1.83. The van der Waals surface area contributed by atoms with E-state index in [0.717, 1.165) is 24.4 Å². The predicted molar refractivity (Wildman–Crippen MR) is 87.3 cm³/mol. The summed E-state index contributed by atoms with van der Waals surface area (Å²) in [4.78, 5) is 23.0. The summed E-state index contributed by atoms with van der Waals surface area (Å²) in [6.07, 6.45) is 3.59. The van der Waals surface area contributed by atoms with Crippen LogP contribution in [-0.4, -0.2) is 59.0 Å². The van der Waals surface area contributed by atoms with Crippen molar-refractivity contribution in [3.63, 3.8) is 0 Å². The number of aromatic nitrogens is 2. The number of hydrogen-bond donors (Lipinski definition) is 1. The Bertz CT molecular complexity index is 716. The number of aromatic amines is 1. The summed E-state index contributed by atoms with van der Waals surface area (Å²) in [7, 11) is 3.97. The molecule has 3 heterocycles. The first-order chi connectivity index (χ1) is 11.5. The normalized spacial score (nSPS) is 17.5. The third kappa shape index (κ3) is 3.91. The molecule has 1 aliphatic rings. The molecule has 0 bridgehead atoms. The molecule has 1 N–H and O–H groups in total. The van der Waals surface area contributed by atoms with Crippen molar-refractivity contribution in [3.8, 4) is 5.75 Å². The summed E-state index contributed by atoms with van der Waals surface area (Å²) < 4.78 is 19.0. The van der Waals surface area contributed by atoms with Gasteiger partial charge in [0, 0.05) is 44.0 Å². The molecule has 0 spiro atoms. The van der Waals surface area contributed by atoms with Gasteiger partial charge < -0.3 is 19.5 Å². The lowest BCUT2D eigenvalue weighted by atomic mass is 10.3. The van der Waals surface area contributed by atoms with Gasteiger partial charge in [-0.3, -0.25) is 9.78 Å². The summed E-state index contributed by atoms with van der Waals surface area (Å²) in [6, 6.07) is 4.96. The molecule has 1 saturated heterocycles. The van der Waals surface area contributed by atoms with Crippen molar-refractivity contribution in [1.82, 2.24) is 19.8 Å². The number of nitrogens with zero attached hydrogens (tertiary/aromatic N) is 3. The average Bonchev–Trinajstić information content (AvgIpc) is 3.15. The van der Waals surface area contributed by atoms with Gasteiger partial charge >= 0.3 is 0 Å². The van der Waals surface area contributed by atoms with Crippen LogP contribution in [0.25, 0.3) is 0 Å². The molecule has 1 amide bonds. The highest BCUT2D eigenvalue weighted by atomic mass is 19.1. The van der Waals surface area contributed by atoms with Crippen LogP contribution in [-0.2, 0) is 6.54 Å². The standard InChI is InChI=1S/C17H21FN4O2/c1-21(2)10-13-8-14(3-5-19-13)24-15-4-6-22(11-15)17(23)16-7-12(18)9-20-16/h3,5,7-9,15,20H,4,6,10-11H2,1-2H3. The fraction of sp³-hybridized carbons (Fsp3) is 0.412. The van der Waals surface area contributed by atoms with Crippen LogP contribution in [0.2, 0.25) is 0 Å². The molecule has 0 aromatic carbocycles. The SMILES string of the molecule is CN(C)Cc1cc(OC2CCN(C(=O)c3cc(F)c[nH]3)C2)ccn1. The molecule has 1 aliphatic heterocycles. The molecular weight excluding hydrogens is 311 g/mol. The Hall–Kier alpha value is -2.41. The second-order valence-corrected chi connectivity index (χ2v) is 6.23. The molecule has 2 aromatic rings. The quantitative estimate of drug-likeness (QED) is 0.908. The Balaban J connectivity index is 1.59. The van der Waals surface area contributed by atoms with Crippen LogP contribution in [0.3, 0.4) is 0 Å². The number of H-pyrrole nitrogens is 1. The van der Waals surface area contributed by atoms with Crippen LogP contribution in [0.15, 0.2) is 30.6 Å². The number of carbonyl (C=O) groups excluding carboxylic acids is 1. The van der Waals surface area contributed by atoms with Gasteiger partial charge in [-0.1, -0.05) is 0 Å². The zero-order chi connectivity index (χ0) is 17.1. The lowest BCUT2D eigenvalue weighted by Crippen LogP contribution is -2.31. The van der Waals surface area contributed by atoms with E-state index < -0.39 is 5.82 Å². The molecule has 0 radical (unpaired) electrons. The van der Waals surface area contributed by atoms with E-state index in [1.165, 1.54) is 12.3 Å². The molecular formula is C17H21FN4O2. The monoisotopic (exact) mass is 332 g/mol. The summed E-state index contributed by atoms with van der Waals surface area (Å²) in [5, 5.41) is 0. The first-order valence-corrected chi connectivity index (χ1v) is 7.91. The van der Waals surface area contributed by atoms with Gasteiger partial charge in [0.05, 0.1) is 12.2 Å². The largest absolute Gasteiger partial charge is 0.488 e. The Labute approximate surface area is 140 Å². The second kappa shape index (κ2) is 7.00. The van der Waals surface area contributed by atoms with Crippen LogP contribution in [0.5, 0.6) is 5.75 Å². The number of rotatable bonds is 5. The number of amides is 1. The maximum atomic E-state index is 13.0. The predicted octanol–water partition coefficient (Wildman–Crippen LogP) is 1.90. The number of ether oxygens (including phenoxy) is 1. The molecule has 128 valence electrons. The van der Waals surface area contributed by atoms with Gasteiger partial charge in [0.2, 0.25) is 0 Å². The Morgan fingerprint density at radius 2 is 2.33 bits per heavy atom. The molecule has 0 saturated carbocycles. The maximum absolute atomic E-state index is 13.0. The van der Waals surface area contributed by atoms with Gasteiger partial charge in [0.15, 0.2) is 0 Å². The number of hydrogen-bond acceptors (Lipinski definition) is 4. The minimum atomic E-state index is -0.435. The van der Waals surface area contributed by atoms with Crippen LogP contribution in [0, 0.1) is 5.82 Å². The minimum Gasteiger partial charge on any atom is -0.488 e. The molecule has 0 aliphatic carbocycles. The molecule has 1 unspecified atom stereocenters. The van der Waals surface area contributed by atoms with Crippen LogP contribution < -0.4 is 4.74 Å². The first kappa shape index (κ1) is 16.4. The fourth-order valence-electron chi connectivity index (χ4n) is 2.80. The van der Waals surface area contributed by atoms with Crippen LogP contribution in [0.4, 0.5) is 4.39 Å². The number of pyridine rings is 1. The zero-order valence-corrected chi connectivity index (χ0v) is 13.8. The Morgan fingerprint density at radius 3 is 3.04 bits per heavy atom. The average molecular weight is 332 g/mol. The molecule has 1 fully saturated rings. The Kier molecular flexibility index (Phi) is 4.80. The summed E-state index contributed by atoms with van der Waals surface area (Å²) in [5.74, 6) is 0.121. The molecule has 6 nitrogen and oxygen atoms in total. The zero-order valence-electron chi connectivity index (χ0n) is 13.8. The molecule has 3 rings (SSSR count). The number of halogens is 1. The van der Waals surface area contributed by atoms with Crippen LogP contribution in [0.1, 0.15) is 22.6 Å². The maximum Gasteiger partial charge on any atom is 0.270 e. The second-order valence-electron chi connectivity index (χ2n) is 6.23. The molecule has 2 aromatic heterocycles. The van der Waals surface area contributed by atoms with Crippen molar-refractivity contribution in [2.75, 3.05) is 27.2 Å². The summed E-state index contributed by atoms with van der Waals surface area (Å²) in [5.41, 5.74) is 1.20. The van der Waals surface area contributed by atoms with E-state index in [1.54, 1.807) is 11.1 Å². The van der Waals surface area contributed by atoms with Gasteiger partial charge in [0.1, 0.15) is 23.4 Å². The van der Waals surface area contributed by atoms with E-state index >= 15 is 0 Å². The van der Waals surface area contributed by atoms with E-state index in [1.807, 2.05) is 31.1 Å². The van der Waals surface area contributed by atoms with Crippen molar-refractivity contribution in [1.29, 1.82) is 0 Å². The van der Waals surface area contributed by atoms with Crippen molar-refractivity contribution in [2.24, 2.45) is 0 Å². The Morgan fingerprint density at radius 1 is 1.50 bits per heavy atom. The van der Waals surface area contributed by atoms with Gasteiger partial charge in [0.25, 0.3) is 5.91 Å². The van der Waals surface area contributed by atoms with Gasteiger partial charge in [-0.25, -0.2) is 4.39 Å². The lowest BCUT2D eigenvalue weighted by Gasteiger charge is -2.17. The van der Waals surface area contributed by atoms with E-state index in [4.69, 9.17) is 4.74 Å². The van der Waals surface area contributed by atoms with Crippen LogP contribution >= 0.6 is 0 Å². The lowest BCUT2D eigenvalue weighted by molar-refractivity contribution is 0.0767. The molecule has 24 heavy (non-hydrogen) atoms. The third-order valence-electron chi connectivity index (χ3n) is 3.88. The van der Waals surface area contributed by atoms with Crippen molar-refractivity contribution in [3.05, 3.63) is 47.8 Å². The van der Waals surface area contributed by atoms with Gasteiger partial charge in [-0.15, -0.1) is 0 Å².